The normalized spacial score (nSPS) is 19.8. The topological polar surface area (TPSA) is 96.4 Å². The van der Waals surface area contributed by atoms with E-state index in [0.29, 0.717) is 13.1 Å². The number of nitrogens with zero attached hydrogens (tertiary/aromatic N) is 2. The maximum atomic E-state index is 12.6. The van der Waals surface area contributed by atoms with Gasteiger partial charge in [-0.2, -0.15) is 4.31 Å². The van der Waals surface area contributed by atoms with E-state index in [4.69, 9.17) is 0 Å². The lowest BCUT2D eigenvalue weighted by molar-refractivity contribution is 0.379. The number of halogens is 1. The zero-order valence-electron chi connectivity index (χ0n) is 12.4. The summed E-state index contributed by atoms with van der Waals surface area (Å²) < 4.78 is 49.4. The number of rotatable bonds is 5. The van der Waals surface area contributed by atoms with Crippen LogP contribution in [0.2, 0.25) is 0 Å². The van der Waals surface area contributed by atoms with Crippen LogP contribution in [0.4, 0.5) is 0 Å². The van der Waals surface area contributed by atoms with Gasteiger partial charge >= 0.3 is 0 Å². The lowest BCUT2D eigenvalue weighted by atomic mass is 10.2. The zero-order valence-corrected chi connectivity index (χ0v) is 14.8. The van der Waals surface area contributed by atoms with Crippen LogP contribution in [0.1, 0.15) is 12.8 Å². The molecule has 0 aliphatic carbocycles. The first-order chi connectivity index (χ1) is 9.76. The molecule has 1 aliphatic heterocycles. The van der Waals surface area contributed by atoms with Gasteiger partial charge in [0.25, 0.3) is 0 Å². The van der Waals surface area contributed by atoms with Crippen LogP contribution in [0.3, 0.4) is 0 Å². The molecule has 126 valence electrons. The highest BCUT2D eigenvalue weighted by Crippen LogP contribution is 2.25. The number of aromatic nitrogens is 1. The predicted molar refractivity (Wildman–Crippen MR) is 85.4 cm³/mol. The number of likely N-dealkylation sites (N-methyl/N-ethyl adjacent to an activating group) is 1. The highest BCUT2D eigenvalue weighted by molar-refractivity contribution is 7.90. The Balaban J connectivity index is 0.00000242. The molecule has 0 radical (unpaired) electrons. The number of nitrogens with one attached hydrogen (secondary N) is 1. The van der Waals surface area contributed by atoms with Crippen molar-refractivity contribution in [3.63, 3.8) is 0 Å². The van der Waals surface area contributed by atoms with E-state index in [9.17, 15) is 16.8 Å². The van der Waals surface area contributed by atoms with Crippen LogP contribution in [-0.4, -0.2) is 58.6 Å². The molecule has 1 atom stereocenters. The molecule has 2 rings (SSSR count). The Morgan fingerprint density at radius 3 is 2.50 bits per heavy atom. The second kappa shape index (κ2) is 7.22. The van der Waals surface area contributed by atoms with Crippen LogP contribution < -0.4 is 5.32 Å². The summed E-state index contributed by atoms with van der Waals surface area (Å²) in [4.78, 5) is 3.78. The van der Waals surface area contributed by atoms with Crippen molar-refractivity contribution in [3.8, 4) is 0 Å². The van der Waals surface area contributed by atoms with Crippen LogP contribution in [0.5, 0.6) is 0 Å². The molecule has 1 N–H and O–H groups in total. The number of pyridine rings is 1. The molecule has 2 heterocycles. The Kier molecular flexibility index (Phi) is 6.34. The molecule has 10 heteroatoms. The third-order valence-electron chi connectivity index (χ3n) is 3.46. The van der Waals surface area contributed by atoms with E-state index < -0.39 is 19.9 Å². The average Bonchev–Trinajstić information content (AvgIpc) is 2.87. The molecular formula is C12H20ClN3O4S2. The van der Waals surface area contributed by atoms with Gasteiger partial charge in [0.2, 0.25) is 10.0 Å². The maximum absolute atomic E-state index is 12.6. The first-order valence-corrected chi connectivity index (χ1v) is 9.92. The monoisotopic (exact) mass is 369 g/mol. The molecule has 1 aliphatic rings. The van der Waals surface area contributed by atoms with E-state index in [1.165, 1.54) is 16.4 Å². The minimum atomic E-state index is -3.64. The van der Waals surface area contributed by atoms with Gasteiger partial charge in [0.1, 0.15) is 4.90 Å². The van der Waals surface area contributed by atoms with Gasteiger partial charge in [0.05, 0.1) is 0 Å². The number of hydrogen-bond donors (Lipinski definition) is 1. The average molecular weight is 370 g/mol. The fourth-order valence-electron chi connectivity index (χ4n) is 2.44. The molecule has 1 unspecified atom stereocenters. The standard InChI is InChI=1S/C12H19N3O4S2.ClH/c1-13-8-10-4-3-7-15(10)21(18,19)11-5-6-12(14-9-11)20(2,16)17;/h5-6,9-10,13H,3-4,7-8H2,1-2H3;1H. The Bertz CT molecular complexity index is 704. The lowest BCUT2D eigenvalue weighted by Crippen LogP contribution is -2.40. The van der Waals surface area contributed by atoms with Gasteiger partial charge in [-0.25, -0.2) is 21.8 Å². The molecule has 22 heavy (non-hydrogen) atoms. The quantitative estimate of drug-likeness (QED) is 0.800. The van der Waals surface area contributed by atoms with Crippen molar-refractivity contribution >= 4 is 32.3 Å². The van der Waals surface area contributed by atoms with Crippen molar-refractivity contribution in [3.05, 3.63) is 18.3 Å². The first kappa shape index (κ1) is 19.3. The van der Waals surface area contributed by atoms with Gasteiger partial charge in [0, 0.05) is 31.6 Å². The molecule has 1 fully saturated rings. The molecular weight excluding hydrogens is 350 g/mol. The molecule has 1 aromatic heterocycles. The Labute approximate surface area is 137 Å². The zero-order chi connectivity index (χ0) is 15.7. The molecule has 0 bridgehead atoms. The summed E-state index contributed by atoms with van der Waals surface area (Å²) in [5, 5.41) is 2.86. The van der Waals surface area contributed by atoms with E-state index >= 15 is 0 Å². The van der Waals surface area contributed by atoms with Gasteiger partial charge in [-0.15, -0.1) is 12.4 Å². The minimum absolute atomic E-state index is 0. The summed E-state index contributed by atoms with van der Waals surface area (Å²) in [7, 11) is -5.29. The molecule has 0 aromatic carbocycles. The molecule has 0 spiro atoms. The van der Waals surface area contributed by atoms with Crippen molar-refractivity contribution in [2.45, 2.75) is 28.8 Å². The van der Waals surface area contributed by atoms with Crippen LogP contribution in [0.15, 0.2) is 28.3 Å². The summed E-state index contributed by atoms with van der Waals surface area (Å²) in [6, 6.07) is 2.45. The SMILES string of the molecule is CNCC1CCCN1S(=O)(=O)c1ccc(S(C)(=O)=O)nc1.Cl. The van der Waals surface area contributed by atoms with Crippen LogP contribution >= 0.6 is 12.4 Å². The van der Waals surface area contributed by atoms with Crippen molar-refractivity contribution in [2.75, 3.05) is 26.4 Å². The van der Waals surface area contributed by atoms with Crippen LogP contribution in [0.25, 0.3) is 0 Å². The van der Waals surface area contributed by atoms with Crippen molar-refractivity contribution < 1.29 is 16.8 Å². The Morgan fingerprint density at radius 2 is 2.00 bits per heavy atom. The maximum Gasteiger partial charge on any atom is 0.244 e. The second-order valence-electron chi connectivity index (χ2n) is 5.07. The van der Waals surface area contributed by atoms with Gasteiger partial charge in [-0.3, -0.25) is 0 Å². The van der Waals surface area contributed by atoms with Crippen molar-refractivity contribution in [1.29, 1.82) is 0 Å². The van der Waals surface area contributed by atoms with Gasteiger partial charge in [0.15, 0.2) is 14.9 Å². The summed E-state index contributed by atoms with van der Waals surface area (Å²) in [5.41, 5.74) is 0. The molecule has 0 saturated carbocycles. The van der Waals surface area contributed by atoms with E-state index in [0.717, 1.165) is 25.3 Å². The molecule has 7 nitrogen and oxygen atoms in total. The summed E-state index contributed by atoms with van der Waals surface area (Å²) >= 11 is 0. The van der Waals surface area contributed by atoms with E-state index in [2.05, 4.69) is 10.3 Å². The summed E-state index contributed by atoms with van der Waals surface area (Å²) in [6.45, 7) is 1.07. The molecule has 1 saturated heterocycles. The van der Waals surface area contributed by atoms with E-state index in [1.807, 2.05) is 0 Å². The van der Waals surface area contributed by atoms with Gasteiger partial charge in [-0.1, -0.05) is 0 Å². The highest BCUT2D eigenvalue weighted by Gasteiger charge is 2.35. The minimum Gasteiger partial charge on any atom is -0.318 e. The van der Waals surface area contributed by atoms with Crippen LogP contribution in [-0.2, 0) is 19.9 Å². The van der Waals surface area contributed by atoms with Crippen molar-refractivity contribution in [1.82, 2.24) is 14.6 Å². The number of sulfonamides is 1. The molecule has 0 amide bonds. The van der Waals surface area contributed by atoms with Gasteiger partial charge < -0.3 is 5.32 Å². The largest absolute Gasteiger partial charge is 0.318 e. The highest BCUT2D eigenvalue weighted by atomic mass is 35.5. The van der Waals surface area contributed by atoms with E-state index in [-0.39, 0.29) is 28.4 Å². The fourth-order valence-corrected chi connectivity index (χ4v) is 4.64. The summed E-state index contributed by atoms with van der Waals surface area (Å²) in [5.74, 6) is 0. The first-order valence-electron chi connectivity index (χ1n) is 6.59. The van der Waals surface area contributed by atoms with Gasteiger partial charge in [-0.05, 0) is 32.0 Å². The number of sulfone groups is 1. The summed E-state index contributed by atoms with van der Waals surface area (Å²) in [6.07, 6.45) is 3.78. The van der Waals surface area contributed by atoms with Crippen LogP contribution in [0, 0.1) is 0 Å². The molecule has 1 aromatic rings. The van der Waals surface area contributed by atoms with E-state index in [1.54, 1.807) is 7.05 Å². The van der Waals surface area contributed by atoms with Crippen molar-refractivity contribution in [2.24, 2.45) is 0 Å². The predicted octanol–water partition coefficient (Wildman–Crippen LogP) is 0.279. The number of hydrogen-bond acceptors (Lipinski definition) is 6. The fraction of sp³-hybridized carbons (Fsp3) is 0.583. The second-order valence-corrected chi connectivity index (χ2v) is 8.93. The third kappa shape index (κ3) is 3.96. The lowest BCUT2D eigenvalue weighted by Gasteiger charge is -2.23. The third-order valence-corrected chi connectivity index (χ3v) is 6.40. The Morgan fingerprint density at radius 1 is 1.32 bits per heavy atom. The smallest absolute Gasteiger partial charge is 0.244 e. The Hall–Kier alpha value is -0.740.